The summed E-state index contributed by atoms with van der Waals surface area (Å²) >= 11 is 0. The molecule has 1 aliphatic heterocycles. The Hall–Kier alpha value is -0.280. The van der Waals surface area contributed by atoms with Crippen LogP contribution >= 0.6 is 24.8 Å². The van der Waals surface area contributed by atoms with Crippen molar-refractivity contribution in [2.75, 3.05) is 32.7 Å². The molecule has 2 rings (SSSR count). The van der Waals surface area contributed by atoms with Crippen molar-refractivity contribution >= 4 is 24.8 Å². The van der Waals surface area contributed by atoms with E-state index in [9.17, 15) is 0 Å². The first-order valence-corrected chi connectivity index (χ1v) is 10.2. The quantitative estimate of drug-likeness (QED) is 0.485. The van der Waals surface area contributed by atoms with Crippen molar-refractivity contribution in [3.05, 3.63) is 35.9 Å². The Morgan fingerprint density at radius 2 is 1.65 bits per heavy atom. The monoisotopic (exact) mass is 402 g/mol. The molecule has 0 aliphatic carbocycles. The molecule has 2 nitrogen and oxygen atoms in total. The standard InChI is InChI=1S/C22H38N2.2ClH/c1-20(2)12-13-22(18-21-10-5-3-6-11-21)19-23-14-9-17-24-15-7-4-8-16-24;;/h3,5-6,10-11,20,22-23H,4,7-9,12-19H2,1-2H3;2*1H. The second kappa shape index (κ2) is 15.7. The van der Waals surface area contributed by atoms with Crippen LogP contribution in [0.1, 0.15) is 57.9 Å². The molecule has 1 atom stereocenters. The van der Waals surface area contributed by atoms with Gasteiger partial charge in [0.05, 0.1) is 0 Å². The van der Waals surface area contributed by atoms with E-state index in [4.69, 9.17) is 0 Å². The van der Waals surface area contributed by atoms with Gasteiger partial charge in [0.1, 0.15) is 0 Å². The number of rotatable bonds is 11. The molecule has 1 N–H and O–H groups in total. The second-order valence-corrected chi connectivity index (χ2v) is 7.99. The number of nitrogens with one attached hydrogen (secondary N) is 1. The molecule has 1 aliphatic rings. The molecule has 1 unspecified atom stereocenters. The van der Waals surface area contributed by atoms with Crippen LogP contribution in [0.5, 0.6) is 0 Å². The molecule has 0 spiro atoms. The van der Waals surface area contributed by atoms with Crippen LogP contribution in [0.3, 0.4) is 0 Å². The maximum atomic E-state index is 3.74. The van der Waals surface area contributed by atoms with Crippen molar-refractivity contribution in [1.29, 1.82) is 0 Å². The highest BCUT2D eigenvalue weighted by molar-refractivity contribution is 5.85. The lowest BCUT2D eigenvalue weighted by Crippen LogP contribution is -2.33. The Kier molecular flexibility index (Phi) is 15.6. The van der Waals surface area contributed by atoms with Gasteiger partial charge in [0.15, 0.2) is 0 Å². The van der Waals surface area contributed by atoms with E-state index in [0.717, 1.165) is 11.8 Å². The molecule has 26 heavy (non-hydrogen) atoms. The number of likely N-dealkylation sites (tertiary alicyclic amines) is 1. The molecule has 1 fully saturated rings. The van der Waals surface area contributed by atoms with Crippen LogP contribution in [0.25, 0.3) is 0 Å². The van der Waals surface area contributed by atoms with E-state index in [-0.39, 0.29) is 24.8 Å². The Morgan fingerprint density at radius 3 is 2.31 bits per heavy atom. The fraction of sp³-hybridized carbons (Fsp3) is 0.727. The smallest absolute Gasteiger partial charge is 0.000664 e. The molecular weight excluding hydrogens is 363 g/mol. The minimum atomic E-state index is 0. The number of piperidine rings is 1. The molecule has 0 radical (unpaired) electrons. The van der Waals surface area contributed by atoms with Crippen LogP contribution in [0.4, 0.5) is 0 Å². The van der Waals surface area contributed by atoms with Gasteiger partial charge in [0.2, 0.25) is 0 Å². The summed E-state index contributed by atoms with van der Waals surface area (Å²) in [5.41, 5.74) is 1.49. The average Bonchev–Trinajstić information content (AvgIpc) is 2.61. The predicted molar refractivity (Wildman–Crippen MR) is 120 cm³/mol. The predicted octanol–water partition coefficient (Wildman–Crippen LogP) is 5.59. The number of halogens is 2. The maximum absolute atomic E-state index is 3.74. The topological polar surface area (TPSA) is 15.3 Å². The normalized spacial score (nSPS) is 16.0. The minimum Gasteiger partial charge on any atom is -0.316 e. The van der Waals surface area contributed by atoms with Gasteiger partial charge in [-0.05, 0) is 82.2 Å². The largest absolute Gasteiger partial charge is 0.316 e. The van der Waals surface area contributed by atoms with Crippen LogP contribution in [0, 0.1) is 11.8 Å². The van der Waals surface area contributed by atoms with E-state index in [2.05, 4.69) is 54.4 Å². The summed E-state index contributed by atoms with van der Waals surface area (Å²) in [6.45, 7) is 10.9. The van der Waals surface area contributed by atoms with E-state index in [0.29, 0.717) is 0 Å². The highest BCUT2D eigenvalue weighted by Crippen LogP contribution is 2.17. The molecule has 0 bridgehead atoms. The summed E-state index contributed by atoms with van der Waals surface area (Å²) < 4.78 is 0. The van der Waals surface area contributed by atoms with E-state index >= 15 is 0 Å². The molecule has 1 heterocycles. The van der Waals surface area contributed by atoms with Crippen LogP contribution in [-0.4, -0.2) is 37.6 Å². The summed E-state index contributed by atoms with van der Waals surface area (Å²) in [5.74, 6) is 1.58. The Morgan fingerprint density at radius 1 is 0.962 bits per heavy atom. The average molecular weight is 403 g/mol. The molecule has 0 aromatic heterocycles. The van der Waals surface area contributed by atoms with Crippen LogP contribution in [0.15, 0.2) is 30.3 Å². The number of nitrogens with zero attached hydrogens (tertiary/aromatic N) is 1. The van der Waals surface area contributed by atoms with E-state index in [1.165, 1.54) is 83.2 Å². The summed E-state index contributed by atoms with van der Waals surface area (Å²) in [4.78, 5) is 2.64. The molecule has 4 heteroatoms. The SMILES string of the molecule is CC(C)CCC(CNCCCN1CCCCC1)Cc1ccccc1.Cl.Cl. The van der Waals surface area contributed by atoms with Gasteiger partial charge in [-0.2, -0.15) is 0 Å². The first kappa shape index (κ1) is 25.7. The molecule has 0 saturated carbocycles. The van der Waals surface area contributed by atoms with Crippen molar-refractivity contribution in [2.24, 2.45) is 11.8 Å². The Balaban J connectivity index is 0.00000312. The first-order valence-electron chi connectivity index (χ1n) is 10.2. The zero-order valence-corrected chi connectivity index (χ0v) is 18.4. The lowest BCUT2D eigenvalue weighted by atomic mass is 9.92. The lowest BCUT2D eigenvalue weighted by molar-refractivity contribution is 0.225. The third-order valence-electron chi connectivity index (χ3n) is 5.23. The summed E-state index contributed by atoms with van der Waals surface area (Å²) in [6, 6.07) is 11.0. The van der Waals surface area contributed by atoms with Crippen molar-refractivity contribution in [3.63, 3.8) is 0 Å². The first-order chi connectivity index (χ1) is 11.7. The minimum absolute atomic E-state index is 0. The van der Waals surface area contributed by atoms with Crippen molar-refractivity contribution in [3.8, 4) is 0 Å². The molecule has 152 valence electrons. The summed E-state index contributed by atoms with van der Waals surface area (Å²) in [7, 11) is 0. The maximum Gasteiger partial charge on any atom is -0.000664 e. The molecular formula is C22H40Cl2N2. The van der Waals surface area contributed by atoms with Crippen molar-refractivity contribution in [1.82, 2.24) is 10.2 Å². The van der Waals surface area contributed by atoms with Gasteiger partial charge >= 0.3 is 0 Å². The van der Waals surface area contributed by atoms with Gasteiger partial charge in [0, 0.05) is 0 Å². The number of hydrogen-bond donors (Lipinski definition) is 1. The second-order valence-electron chi connectivity index (χ2n) is 7.99. The molecule has 1 saturated heterocycles. The van der Waals surface area contributed by atoms with Crippen LogP contribution in [0.2, 0.25) is 0 Å². The van der Waals surface area contributed by atoms with Gasteiger partial charge in [-0.3, -0.25) is 0 Å². The fourth-order valence-corrected chi connectivity index (χ4v) is 3.71. The highest BCUT2D eigenvalue weighted by Gasteiger charge is 2.12. The number of hydrogen-bond acceptors (Lipinski definition) is 2. The van der Waals surface area contributed by atoms with Crippen LogP contribution < -0.4 is 5.32 Å². The van der Waals surface area contributed by atoms with Gasteiger partial charge < -0.3 is 10.2 Å². The summed E-state index contributed by atoms with van der Waals surface area (Å²) in [5, 5.41) is 3.74. The Bertz CT molecular complexity index is 419. The molecule has 0 amide bonds. The van der Waals surface area contributed by atoms with Gasteiger partial charge in [-0.1, -0.05) is 57.0 Å². The van der Waals surface area contributed by atoms with Crippen molar-refractivity contribution in [2.45, 2.75) is 58.8 Å². The Labute approximate surface area is 174 Å². The zero-order chi connectivity index (χ0) is 17.0. The lowest BCUT2D eigenvalue weighted by Gasteiger charge is -2.26. The third-order valence-corrected chi connectivity index (χ3v) is 5.23. The van der Waals surface area contributed by atoms with Gasteiger partial charge in [-0.25, -0.2) is 0 Å². The zero-order valence-electron chi connectivity index (χ0n) is 16.8. The molecule has 1 aromatic rings. The van der Waals surface area contributed by atoms with E-state index in [1.807, 2.05) is 0 Å². The summed E-state index contributed by atoms with van der Waals surface area (Å²) in [6.07, 6.45) is 9.43. The van der Waals surface area contributed by atoms with Gasteiger partial charge in [0.25, 0.3) is 0 Å². The van der Waals surface area contributed by atoms with Gasteiger partial charge in [-0.15, -0.1) is 24.8 Å². The highest BCUT2D eigenvalue weighted by atomic mass is 35.5. The van der Waals surface area contributed by atoms with Crippen molar-refractivity contribution < 1.29 is 0 Å². The van der Waals surface area contributed by atoms with Crippen LogP contribution in [-0.2, 0) is 6.42 Å². The van der Waals surface area contributed by atoms with E-state index < -0.39 is 0 Å². The van der Waals surface area contributed by atoms with E-state index in [1.54, 1.807) is 0 Å². The number of benzene rings is 1. The fourth-order valence-electron chi connectivity index (χ4n) is 3.71. The third kappa shape index (κ3) is 11.4. The molecule has 1 aromatic carbocycles.